The Kier molecular flexibility index (Phi) is 4.20. The van der Waals surface area contributed by atoms with E-state index in [1.807, 2.05) is 11.8 Å². The third kappa shape index (κ3) is 2.88. The molecule has 4 nitrogen and oxygen atoms in total. The number of fused-ring (bicyclic) bond motifs is 1. The lowest BCUT2D eigenvalue weighted by molar-refractivity contribution is 0.266. The summed E-state index contributed by atoms with van der Waals surface area (Å²) >= 11 is 1.87. The van der Waals surface area contributed by atoms with Gasteiger partial charge in [0, 0.05) is 13.0 Å². The molecular formula is C13H22N4S. The smallest absolute Gasteiger partial charge is 0.192 e. The molecule has 0 radical (unpaired) electrons. The molecule has 1 fully saturated rings. The first-order chi connectivity index (χ1) is 8.93. The van der Waals surface area contributed by atoms with E-state index in [1.165, 1.54) is 57.4 Å². The molecule has 0 aromatic carbocycles. The van der Waals surface area contributed by atoms with Gasteiger partial charge >= 0.3 is 0 Å². The fourth-order valence-corrected chi connectivity index (χ4v) is 3.81. The fraction of sp³-hybridized carbons (Fsp3) is 0.846. The minimum Gasteiger partial charge on any atom is -0.306 e. The maximum atomic E-state index is 4.37. The molecule has 2 aliphatic heterocycles. The number of nitrogens with zero attached hydrogens (tertiary/aromatic N) is 4. The molecule has 0 saturated carbocycles. The summed E-state index contributed by atoms with van der Waals surface area (Å²) in [5, 5.41) is 9.86. The van der Waals surface area contributed by atoms with E-state index in [-0.39, 0.29) is 0 Å². The van der Waals surface area contributed by atoms with Gasteiger partial charge in [0.25, 0.3) is 0 Å². The molecule has 1 aromatic rings. The molecule has 1 aromatic heterocycles. The van der Waals surface area contributed by atoms with Gasteiger partial charge in [-0.2, -0.15) is 0 Å². The highest BCUT2D eigenvalue weighted by Gasteiger charge is 2.16. The van der Waals surface area contributed by atoms with Crippen molar-refractivity contribution in [3.05, 3.63) is 5.82 Å². The van der Waals surface area contributed by atoms with Gasteiger partial charge in [-0.1, -0.05) is 24.6 Å². The second kappa shape index (κ2) is 6.06. The van der Waals surface area contributed by atoms with E-state index >= 15 is 0 Å². The summed E-state index contributed by atoms with van der Waals surface area (Å²) in [6.45, 7) is 3.63. The first-order valence-corrected chi connectivity index (χ1v) is 8.19. The van der Waals surface area contributed by atoms with Crippen molar-refractivity contribution < 1.29 is 0 Å². The van der Waals surface area contributed by atoms with Crippen LogP contribution in [0.15, 0.2) is 5.16 Å². The fourth-order valence-electron chi connectivity index (χ4n) is 2.80. The molecule has 0 N–H and O–H groups in total. The van der Waals surface area contributed by atoms with Crippen LogP contribution in [0.2, 0.25) is 0 Å². The van der Waals surface area contributed by atoms with E-state index < -0.39 is 0 Å². The molecule has 18 heavy (non-hydrogen) atoms. The molecule has 0 spiro atoms. The molecule has 5 heteroatoms. The van der Waals surface area contributed by atoms with Crippen LogP contribution in [0.25, 0.3) is 0 Å². The summed E-state index contributed by atoms with van der Waals surface area (Å²) in [5.41, 5.74) is 0. The van der Waals surface area contributed by atoms with E-state index in [1.54, 1.807) is 0 Å². The molecule has 100 valence electrons. The zero-order valence-corrected chi connectivity index (χ0v) is 11.8. The predicted octanol–water partition coefficient (Wildman–Crippen LogP) is 2.54. The molecule has 0 bridgehead atoms. The van der Waals surface area contributed by atoms with Gasteiger partial charge in [0.2, 0.25) is 0 Å². The molecule has 3 heterocycles. The van der Waals surface area contributed by atoms with E-state index in [0.29, 0.717) is 0 Å². The zero-order valence-electron chi connectivity index (χ0n) is 11.0. The number of aryl methyl sites for hydroxylation is 1. The second-order valence-electron chi connectivity index (χ2n) is 5.31. The first-order valence-electron chi connectivity index (χ1n) is 7.21. The van der Waals surface area contributed by atoms with E-state index in [2.05, 4.69) is 19.7 Å². The van der Waals surface area contributed by atoms with Gasteiger partial charge < -0.3 is 4.57 Å². The van der Waals surface area contributed by atoms with Crippen molar-refractivity contribution in [1.29, 1.82) is 0 Å². The molecule has 2 aliphatic rings. The number of hydrogen-bond donors (Lipinski definition) is 0. The van der Waals surface area contributed by atoms with Gasteiger partial charge in [-0.05, 0) is 38.8 Å². The summed E-state index contributed by atoms with van der Waals surface area (Å²) < 4.78 is 2.35. The van der Waals surface area contributed by atoms with Gasteiger partial charge in [-0.25, -0.2) is 0 Å². The third-order valence-corrected chi connectivity index (χ3v) is 4.95. The minimum atomic E-state index is 1.08. The van der Waals surface area contributed by atoms with Crippen molar-refractivity contribution in [1.82, 2.24) is 19.7 Å². The van der Waals surface area contributed by atoms with Crippen LogP contribution in [0.3, 0.4) is 0 Å². The quantitative estimate of drug-likeness (QED) is 0.787. The summed E-state index contributed by atoms with van der Waals surface area (Å²) in [6, 6.07) is 0. The van der Waals surface area contributed by atoms with Crippen LogP contribution in [-0.4, -0.2) is 38.6 Å². The largest absolute Gasteiger partial charge is 0.306 e. The van der Waals surface area contributed by atoms with Gasteiger partial charge in [-0.15, -0.1) is 10.2 Å². The van der Waals surface area contributed by atoms with Crippen LogP contribution in [-0.2, 0) is 13.0 Å². The first kappa shape index (κ1) is 12.5. The number of rotatable bonds is 3. The SMILES string of the molecule is C1CCN(CSc2nnc3n2CCCCC3)CC1. The summed E-state index contributed by atoms with van der Waals surface area (Å²) in [4.78, 5) is 2.55. The third-order valence-electron chi connectivity index (χ3n) is 3.90. The summed E-state index contributed by atoms with van der Waals surface area (Å²) in [6.07, 6.45) is 9.12. The second-order valence-corrected chi connectivity index (χ2v) is 6.23. The Labute approximate surface area is 113 Å². The van der Waals surface area contributed by atoms with E-state index in [0.717, 1.165) is 24.0 Å². The van der Waals surface area contributed by atoms with E-state index in [4.69, 9.17) is 0 Å². The zero-order chi connectivity index (χ0) is 12.2. The Morgan fingerprint density at radius 2 is 1.67 bits per heavy atom. The Hall–Kier alpha value is -0.550. The number of hydrogen-bond acceptors (Lipinski definition) is 4. The summed E-state index contributed by atoms with van der Waals surface area (Å²) in [7, 11) is 0. The Balaban J connectivity index is 1.60. The van der Waals surface area contributed by atoms with Crippen LogP contribution in [0, 0.1) is 0 Å². The average molecular weight is 266 g/mol. The lowest BCUT2D eigenvalue weighted by Crippen LogP contribution is -2.29. The van der Waals surface area contributed by atoms with Crippen molar-refractivity contribution in [2.45, 2.75) is 56.6 Å². The Bertz CT molecular complexity index is 384. The van der Waals surface area contributed by atoms with Gasteiger partial charge in [-0.3, -0.25) is 4.90 Å². The van der Waals surface area contributed by atoms with Crippen molar-refractivity contribution in [3.8, 4) is 0 Å². The maximum absolute atomic E-state index is 4.37. The monoisotopic (exact) mass is 266 g/mol. The number of likely N-dealkylation sites (tertiary alicyclic amines) is 1. The topological polar surface area (TPSA) is 34.0 Å². The van der Waals surface area contributed by atoms with Gasteiger partial charge in [0.1, 0.15) is 5.82 Å². The Morgan fingerprint density at radius 1 is 0.889 bits per heavy atom. The molecule has 0 amide bonds. The van der Waals surface area contributed by atoms with E-state index in [9.17, 15) is 0 Å². The van der Waals surface area contributed by atoms with Crippen molar-refractivity contribution in [2.75, 3.05) is 19.0 Å². The number of aromatic nitrogens is 3. The Morgan fingerprint density at radius 3 is 2.56 bits per heavy atom. The molecule has 0 unspecified atom stereocenters. The van der Waals surface area contributed by atoms with Crippen LogP contribution >= 0.6 is 11.8 Å². The lowest BCUT2D eigenvalue weighted by atomic mass is 10.1. The van der Waals surface area contributed by atoms with Crippen LogP contribution in [0.4, 0.5) is 0 Å². The van der Waals surface area contributed by atoms with Crippen molar-refractivity contribution in [2.24, 2.45) is 0 Å². The maximum Gasteiger partial charge on any atom is 0.192 e. The van der Waals surface area contributed by atoms with Crippen LogP contribution < -0.4 is 0 Å². The molecule has 1 saturated heterocycles. The van der Waals surface area contributed by atoms with Crippen LogP contribution in [0.1, 0.15) is 44.3 Å². The molecular weight excluding hydrogens is 244 g/mol. The van der Waals surface area contributed by atoms with Crippen LogP contribution in [0.5, 0.6) is 0 Å². The number of piperidine rings is 1. The average Bonchev–Trinajstić information content (AvgIpc) is 2.65. The number of thioether (sulfide) groups is 1. The van der Waals surface area contributed by atoms with Crippen molar-refractivity contribution in [3.63, 3.8) is 0 Å². The highest BCUT2D eigenvalue weighted by Crippen LogP contribution is 2.23. The molecule has 0 atom stereocenters. The molecule has 0 aliphatic carbocycles. The summed E-state index contributed by atoms with van der Waals surface area (Å²) in [5.74, 6) is 2.28. The van der Waals surface area contributed by atoms with Gasteiger partial charge in [0.15, 0.2) is 5.16 Å². The highest BCUT2D eigenvalue weighted by atomic mass is 32.2. The lowest BCUT2D eigenvalue weighted by Gasteiger charge is -2.25. The predicted molar refractivity (Wildman–Crippen MR) is 73.7 cm³/mol. The minimum absolute atomic E-state index is 1.08. The standard InChI is InChI=1S/C13H22N4S/c1-3-7-12-14-15-13(17(12)10-6-1)18-11-16-8-4-2-5-9-16/h1-11H2. The van der Waals surface area contributed by atoms with Crippen molar-refractivity contribution >= 4 is 11.8 Å². The normalized spacial score (nSPS) is 21.6. The van der Waals surface area contributed by atoms with Gasteiger partial charge in [0.05, 0.1) is 5.88 Å². The molecule has 3 rings (SSSR count). The highest BCUT2D eigenvalue weighted by molar-refractivity contribution is 7.99.